The summed E-state index contributed by atoms with van der Waals surface area (Å²) in [5, 5.41) is 14.8. The average Bonchev–Trinajstić information content (AvgIpc) is 3.26. The summed E-state index contributed by atoms with van der Waals surface area (Å²) in [7, 11) is 0. The van der Waals surface area contributed by atoms with Crippen molar-refractivity contribution in [1.82, 2.24) is 14.8 Å². The quantitative estimate of drug-likeness (QED) is 0.308. The zero-order valence-electron chi connectivity index (χ0n) is 20.3. The molecule has 4 aromatic rings. The van der Waals surface area contributed by atoms with Crippen molar-refractivity contribution in [3.8, 4) is 11.4 Å². The summed E-state index contributed by atoms with van der Waals surface area (Å²) < 4.78 is 7.86. The van der Waals surface area contributed by atoms with Gasteiger partial charge in [0, 0.05) is 24.0 Å². The topological polar surface area (TPSA) is 98.1 Å². The maximum Gasteiger partial charge on any atom is 0.234 e. The number of carbonyl (C=O) groups is 2. The highest BCUT2D eigenvalue weighted by atomic mass is 32.2. The van der Waals surface area contributed by atoms with Crippen LogP contribution in [0.1, 0.15) is 23.9 Å². The molecular weight excluding hydrogens is 474 g/mol. The van der Waals surface area contributed by atoms with Crippen molar-refractivity contribution in [3.63, 3.8) is 0 Å². The minimum Gasteiger partial charge on any atom is -0.486 e. The first-order valence-corrected chi connectivity index (χ1v) is 12.4. The molecule has 0 saturated carbocycles. The van der Waals surface area contributed by atoms with Crippen molar-refractivity contribution in [2.75, 3.05) is 16.4 Å². The second-order valence-corrected chi connectivity index (χ2v) is 9.21. The Morgan fingerprint density at radius 1 is 0.833 bits per heavy atom. The molecule has 2 N–H and O–H groups in total. The van der Waals surface area contributed by atoms with Crippen LogP contribution in [0.5, 0.6) is 5.75 Å². The minimum atomic E-state index is -0.178. The van der Waals surface area contributed by atoms with Crippen LogP contribution < -0.4 is 15.4 Å². The van der Waals surface area contributed by atoms with Crippen LogP contribution in [-0.2, 0) is 16.2 Å². The third-order valence-electron chi connectivity index (χ3n) is 5.20. The molecule has 36 heavy (non-hydrogen) atoms. The Labute approximate surface area is 214 Å². The standard InChI is InChI=1S/C27H27N5O3S/c1-18-4-12-23(13-5-18)32-25(16-35-24-14-6-19(2)7-15-24)30-31-27(32)36-17-26(34)29-22-10-8-21(9-11-22)28-20(3)33/h4-15H,16-17H2,1-3H3,(H,28,33)(H,29,34). The van der Waals surface area contributed by atoms with Gasteiger partial charge in [-0.05, 0) is 62.4 Å². The molecule has 9 heteroatoms. The van der Waals surface area contributed by atoms with E-state index in [1.54, 1.807) is 24.3 Å². The molecular formula is C27H27N5O3S. The second kappa shape index (κ2) is 11.5. The third kappa shape index (κ3) is 6.73. The lowest BCUT2D eigenvalue weighted by Gasteiger charge is -2.12. The van der Waals surface area contributed by atoms with Gasteiger partial charge >= 0.3 is 0 Å². The first-order chi connectivity index (χ1) is 17.4. The lowest BCUT2D eigenvalue weighted by Crippen LogP contribution is -2.15. The maximum atomic E-state index is 12.6. The smallest absolute Gasteiger partial charge is 0.234 e. The minimum absolute atomic E-state index is 0.149. The van der Waals surface area contributed by atoms with Crippen molar-refractivity contribution >= 4 is 35.0 Å². The van der Waals surface area contributed by atoms with Gasteiger partial charge in [-0.25, -0.2) is 0 Å². The van der Waals surface area contributed by atoms with E-state index in [1.807, 2.05) is 66.9 Å². The van der Waals surface area contributed by atoms with E-state index in [9.17, 15) is 9.59 Å². The predicted octanol–water partition coefficient (Wildman–Crippen LogP) is 5.15. The SMILES string of the molecule is CC(=O)Nc1ccc(NC(=O)CSc2nnc(COc3ccc(C)cc3)n2-c2ccc(C)cc2)cc1. The number of hydrogen-bond donors (Lipinski definition) is 2. The Morgan fingerprint density at radius 2 is 1.42 bits per heavy atom. The Balaban J connectivity index is 1.45. The summed E-state index contributed by atoms with van der Waals surface area (Å²) in [6.45, 7) is 5.73. The number of benzene rings is 3. The molecule has 0 aliphatic rings. The molecule has 0 unspecified atom stereocenters. The van der Waals surface area contributed by atoms with Gasteiger partial charge in [0.15, 0.2) is 11.0 Å². The fraction of sp³-hybridized carbons (Fsp3) is 0.185. The maximum absolute atomic E-state index is 12.6. The number of amides is 2. The monoisotopic (exact) mass is 501 g/mol. The number of anilines is 2. The van der Waals surface area contributed by atoms with Crippen LogP contribution in [0, 0.1) is 13.8 Å². The number of ether oxygens (including phenoxy) is 1. The molecule has 8 nitrogen and oxygen atoms in total. The van der Waals surface area contributed by atoms with Crippen LogP contribution in [0.3, 0.4) is 0 Å². The second-order valence-electron chi connectivity index (χ2n) is 8.27. The fourth-order valence-corrected chi connectivity index (χ4v) is 4.16. The van der Waals surface area contributed by atoms with E-state index in [4.69, 9.17) is 4.74 Å². The molecule has 184 valence electrons. The molecule has 0 saturated heterocycles. The molecule has 4 rings (SSSR count). The van der Waals surface area contributed by atoms with Gasteiger partial charge in [-0.3, -0.25) is 14.2 Å². The van der Waals surface area contributed by atoms with Gasteiger partial charge in [0.1, 0.15) is 12.4 Å². The molecule has 0 fully saturated rings. The van der Waals surface area contributed by atoms with Crippen molar-refractivity contribution in [3.05, 3.63) is 89.7 Å². The first kappa shape index (κ1) is 25.0. The Hall–Kier alpha value is -4.11. The van der Waals surface area contributed by atoms with E-state index >= 15 is 0 Å². The molecule has 0 radical (unpaired) electrons. The summed E-state index contributed by atoms with van der Waals surface area (Å²) in [5.41, 5.74) is 4.50. The Kier molecular flexibility index (Phi) is 8.02. The highest BCUT2D eigenvalue weighted by molar-refractivity contribution is 7.99. The van der Waals surface area contributed by atoms with Gasteiger partial charge < -0.3 is 15.4 Å². The van der Waals surface area contributed by atoms with Crippen LogP contribution in [0.4, 0.5) is 11.4 Å². The first-order valence-electron chi connectivity index (χ1n) is 11.4. The van der Waals surface area contributed by atoms with Crippen molar-refractivity contribution < 1.29 is 14.3 Å². The van der Waals surface area contributed by atoms with E-state index in [1.165, 1.54) is 18.7 Å². The van der Waals surface area contributed by atoms with Gasteiger partial charge in [0.25, 0.3) is 0 Å². The molecule has 0 bridgehead atoms. The molecule has 2 amide bonds. The van der Waals surface area contributed by atoms with E-state index in [2.05, 4.69) is 20.8 Å². The van der Waals surface area contributed by atoms with Gasteiger partial charge in [0.05, 0.1) is 5.75 Å². The van der Waals surface area contributed by atoms with Crippen molar-refractivity contribution in [2.24, 2.45) is 0 Å². The summed E-state index contributed by atoms with van der Waals surface area (Å²) >= 11 is 1.29. The Bertz CT molecular complexity index is 1330. The number of nitrogens with zero attached hydrogens (tertiary/aromatic N) is 3. The number of aryl methyl sites for hydroxylation is 2. The van der Waals surface area contributed by atoms with Crippen LogP contribution >= 0.6 is 11.8 Å². The van der Waals surface area contributed by atoms with Crippen molar-refractivity contribution in [1.29, 1.82) is 0 Å². The molecule has 0 spiro atoms. The zero-order valence-corrected chi connectivity index (χ0v) is 21.1. The summed E-state index contributed by atoms with van der Waals surface area (Å²) in [6, 6.07) is 22.8. The molecule has 1 heterocycles. The van der Waals surface area contributed by atoms with E-state index in [0.29, 0.717) is 22.4 Å². The molecule has 0 aliphatic heterocycles. The van der Waals surface area contributed by atoms with Gasteiger partial charge in [-0.15, -0.1) is 10.2 Å². The number of hydrogen-bond acceptors (Lipinski definition) is 6. The summed E-state index contributed by atoms with van der Waals surface area (Å²) in [4.78, 5) is 23.8. The lowest BCUT2D eigenvalue weighted by molar-refractivity contribution is -0.114. The molecule has 0 atom stereocenters. The molecule has 3 aromatic carbocycles. The number of thioether (sulfide) groups is 1. The number of carbonyl (C=O) groups excluding carboxylic acids is 2. The predicted molar refractivity (Wildman–Crippen MR) is 142 cm³/mol. The normalized spacial score (nSPS) is 10.6. The largest absolute Gasteiger partial charge is 0.486 e. The average molecular weight is 502 g/mol. The highest BCUT2D eigenvalue weighted by Gasteiger charge is 2.17. The molecule has 1 aromatic heterocycles. The van der Waals surface area contributed by atoms with Crippen LogP contribution in [-0.4, -0.2) is 32.3 Å². The van der Waals surface area contributed by atoms with E-state index in [0.717, 1.165) is 22.6 Å². The van der Waals surface area contributed by atoms with Crippen LogP contribution in [0.15, 0.2) is 78.0 Å². The number of aromatic nitrogens is 3. The third-order valence-corrected chi connectivity index (χ3v) is 6.13. The van der Waals surface area contributed by atoms with Crippen molar-refractivity contribution in [2.45, 2.75) is 32.5 Å². The number of nitrogens with one attached hydrogen (secondary N) is 2. The van der Waals surface area contributed by atoms with Gasteiger partial charge in [0.2, 0.25) is 11.8 Å². The number of rotatable bonds is 9. The highest BCUT2D eigenvalue weighted by Crippen LogP contribution is 2.24. The zero-order chi connectivity index (χ0) is 25.5. The Morgan fingerprint density at radius 3 is 2.03 bits per heavy atom. The summed E-state index contributed by atoms with van der Waals surface area (Å²) in [5.74, 6) is 1.21. The van der Waals surface area contributed by atoms with Crippen LogP contribution in [0.25, 0.3) is 5.69 Å². The van der Waals surface area contributed by atoms with Gasteiger partial charge in [-0.1, -0.05) is 47.2 Å². The molecule has 0 aliphatic carbocycles. The lowest BCUT2D eigenvalue weighted by atomic mass is 10.2. The van der Waals surface area contributed by atoms with E-state index < -0.39 is 0 Å². The summed E-state index contributed by atoms with van der Waals surface area (Å²) in [6.07, 6.45) is 0. The van der Waals surface area contributed by atoms with E-state index in [-0.39, 0.29) is 24.2 Å². The van der Waals surface area contributed by atoms with Crippen LogP contribution in [0.2, 0.25) is 0 Å². The van der Waals surface area contributed by atoms with Gasteiger partial charge in [-0.2, -0.15) is 0 Å². The fourth-order valence-electron chi connectivity index (χ4n) is 3.39.